The average molecular weight is 299 g/mol. The predicted molar refractivity (Wildman–Crippen MR) is 78.5 cm³/mol. The third-order valence-corrected chi connectivity index (χ3v) is 3.60. The van der Waals surface area contributed by atoms with Gasteiger partial charge < -0.3 is 20.5 Å². The average Bonchev–Trinajstić information content (AvgIpc) is 2.45. The van der Waals surface area contributed by atoms with Crippen molar-refractivity contribution in [3.63, 3.8) is 0 Å². The number of carbonyl (C=O) groups excluding carboxylic acids is 1. The Morgan fingerprint density at radius 3 is 2.65 bits per heavy atom. The number of anilines is 1. The molecule has 0 bridgehead atoms. The van der Waals surface area contributed by atoms with E-state index >= 15 is 0 Å². The summed E-state index contributed by atoms with van der Waals surface area (Å²) in [5.41, 5.74) is 6.14. The second-order valence-electron chi connectivity index (χ2n) is 4.74. The highest BCUT2D eigenvalue weighted by atomic mass is 35.5. The number of fused-ring (bicyclic) bond motifs is 1. The Balaban J connectivity index is 2.07. The van der Waals surface area contributed by atoms with E-state index in [0.717, 1.165) is 6.42 Å². The zero-order chi connectivity index (χ0) is 14.5. The standard InChI is InChI=1S/C14H19ClN2O3/c1-2-9(8-16)5-14(18)17-11-7-13-12(6-10(11)15)19-3-4-20-13/h6-7,9H,2-5,8,16H2,1H3,(H,17,18). The number of nitrogens with two attached hydrogens (primary N) is 1. The molecule has 5 nitrogen and oxygen atoms in total. The van der Waals surface area contributed by atoms with Crippen LogP contribution in [0.2, 0.25) is 5.02 Å². The number of nitrogens with one attached hydrogen (secondary N) is 1. The highest BCUT2D eigenvalue weighted by molar-refractivity contribution is 6.34. The molecule has 1 amide bonds. The maximum Gasteiger partial charge on any atom is 0.224 e. The molecule has 2 rings (SSSR count). The number of benzene rings is 1. The first-order chi connectivity index (χ1) is 9.63. The van der Waals surface area contributed by atoms with Crippen molar-refractivity contribution >= 4 is 23.2 Å². The minimum absolute atomic E-state index is 0.0964. The summed E-state index contributed by atoms with van der Waals surface area (Å²) < 4.78 is 10.9. The Hall–Kier alpha value is -1.46. The SMILES string of the molecule is CCC(CN)CC(=O)Nc1cc2c(cc1Cl)OCCO2. The van der Waals surface area contributed by atoms with Gasteiger partial charge in [0.2, 0.25) is 5.91 Å². The van der Waals surface area contributed by atoms with Gasteiger partial charge in [-0.2, -0.15) is 0 Å². The van der Waals surface area contributed by atoms with Crippen LogP contribution in [0.4, 0.5) is 5.69 Å². The first-order valence-electron chi connectivity index (χ1n) is 6.73. The van der Waals surface area contributed by atoms with E-state index in [1.807, 2.05) is 6.92 Å². The van der Waals surface area contributed by atoms with Gasteiger partial charge in [0.05, 0.1) is 10.7 Å². The smallest absolute Gasteiger partial charge is 0.224 e. The van der Waals surface area contributed by atoms with E-state index in [4.69, 9.17) is 26.8 Å². The second-order valence-corrected chi connectivity index (χ2v) is 5.15. The molecule has 1 aliphatic rings. The lowest BCUT2D eigenvalue weighted by Gasteiger charge is -2.20. The van der Waals surface area contributed by atoms with Gasteiger partial charge in [-0.3, -0.25) is 4.79 Å². The van der Waals surface area contributed by atoms with Gasteiger partial charge in [0.25, 0.3) is 0 Å². The van der Waals surface area contributed by atoms with Gasteiger partial charge in [-0.15, -0.1) is 0 Å². The van der Waals surface area contributed by atoms with E-state index in [1.165, 1.54) is 0 Å². The zero-order valence-electron chi connectivity index (χ0n) is 11.4. The predicted octanol–water partition coefficient (Wildman–Crippen LogP) is 2.42. The largest absolute Gasteiger partial charge is 0.486 e. The Morgan fingerprint density at radius 2 is 2.05 bits per heavy atom. The number of ether oxygens (including phenoxy) is 2. The van der Waals surface area contributed by atoms with Crippen LogP contribution in [-0.4, -0.2) is 25.7 Å². The quantitative estimate of drug-likeness (QED) is 0.875. The molecule has 1 aromatic rings. The third kappa shape index (κ3) is 3.55. The van der Waals surface area contributed by atoms with E-state index < -0.39 is 0 Å². The minimum atomic E-state index is -0.0964. The molecule has 1 aromatic carbocycles. The zero-order valence-corrected chi connectivity index (χ0v) is 12.2. The molecule has 0 saturated carbocycles. The van der Waals surface area contributed by atoms with Crippen molar-refractivity contribution < 1.29 is 14.3 Å². The second kappa shape index (κ2) is 6.81. The molecular weight excluding hydrogens is 280 g/mol. The lowest BCUT2D eigenvalue weighted by molar-refractivity contribution is -0.117. The molecule has 0 aliphatic carbocycles. The monoisotopic (exact) mass is 298 g/mol. The van der Waals surface area contributed by atoms with E-state index in [2.05, 4.69) is 5.32 Å². The highest BCUT2D eigenvalue weighted by Gasteiger charge is 2.17. The third-order valence-electron chi connectivity index (χ3n) is 3.29. The molecule has 1 atom stereocenters. The number of hydrogen-bond acceptors (Lipinski definition) is 4. The van der Waals surface area contributed by atoms with Gasteiger partial charge in [0.15, 0.2) is 11.5 Å². The van der Waals surface area contributed by atoms with Crippen molar-refractivity contribution in [1.29, 1.82) is 0 Å². The van der Waals surface area contributed by atoms with Gasteiger partial charge in [0.1, 0.15) is 13.2 Å². The van der Waals surface area contributed by atoms with E-state index in [-0.39, 0.29) is 11.8 Å². The molecule has 0 fully saturated rings. The Kier molecular flexibility index (Phi) is 5.09. The molecule has 0 aromatic heterocycles. The highest BCUT2D eigenvalue weighted by Crippen LogP contribution is 2.38. The van der Waals surface area contributed by atoms with Crippen LogP contribution in [0.3, 0.4) is 0 Å². The summed E-state index contributed by atoms with van der Waals surface area (Å²) in [6.45, 7) is 3.51. The molecular formula is C14H19ClN2O3. The van der Waals surface area contributed by atoms with Gasteiger partial charge in [-0.05, 0) is 12.5 Å². The summed E-state index contributed by atoms with van der Waals surface area (Å²) >= 11 is 6.13. The minimum Gasteiger partial charge on any atom is -0.486 e. The first kappa shape index (κ1) is 14.9. The molecule has 0 radical (unpaired) electrons. The fourth-order valence-corrected chi connectivity index (χ4v) is 2.22. The molecule has 20 heavy (non-hydrogen) atoms. The van der Waals surface area contributed by atoms with E-state index in [1.54, 1.807) is 12.1 Å². The Labute approximate surface area is 123 Å². The summed E-state index contributed by atoms with van der Waals surface area (Å²) in [6, 6.07) is 3.35. The van der Waals surface area contributed by atoms with Crippen LogP contribution >= 0.6 is 11.6 Å². The molecule has 1 unspecified atom stereocenters. The normalized spacial score (nSPS) is 14.8. The van der Waals surface area contributed by atoms with Gasteiger partial charge in [-0.25, -0.2) is 0 Å². The van der Waals surface area contributed by atoms with Crippen LogP contribution in [-0.2, 0) is 4.79 Å². The fraction of sp³-hybridized carbons (Fsp3) is 0.500. The summed E-state index contributed by atoms with van der Waals surface area (Å²) in [4.78, 5) is 12.0. The molecule has 1 aliphatic heterocycles. The lowest BCUT2D eigenvalue weighted by atomic mass is 10.0. The maximum atomic E-state index is 12.0. The Bertz CT molecular complexity index is 490. The number of amides is 1. The van der Waals surface area contributed by atoms with E-state index in [0.29, 0.717) is 48.4 Å². The summed E-state index contributed by atoms with van der Waals surface area (Å²) in [7, 11) is 0. The summed E-state index contributed by atoms with van der Waals surface area (Å²) in [5, 5.41) is 3.23. The first-order valence-corrected chi connectivity index (χ1v) is 7.11. The molecule has 3 N–H and O–H groups in total. The lowest BCUT2D eigenvalue weighted by Crippen LogP contribution is -2.22. The van der Waals surface area contributed by atoms with Gasteiger partial charge >= 0.3 is 0 Å². The van der Waals surface area contributed by atoms with Crippen LogP contribution < -0.4 is 20.5 Å². The van der Waals surface area contributed by atoms with Gasteiger partial charge in [0, 0.05) is 18.6 Å². The Morgan fingerprint density at radius 1 is 1.40 bits per heavy atom. The number of halogens is 1. The molecule has 6 heteroatoms. The molecule has 0 saturated heterocycles. The van der Waals surface area contributed by atoms with Crippen LogP contribution in [0.5, 0.6) is 11.5 Å². The summed E-state index contributed by atoms with van der Waals surface area (Å²) in [5.74, 6) is 1.29. The fourth-order valence-electron chi connectivity index (χ4n) is 2.02. The molecule has 0 spiro atoms. The maximum absolute atomic E-state index is 12.0. The van der Waals surface area contributed by atoms with Crippen LogP contribution in [0.25, 0.3) is 0 Å². The number of rotatable bonds is 5. The van der Waals surface area contributed by atoms with Crippen molar-refractivity contribution in [3.05, 3.63) is 17.2 Å². The topological polar surface area (TPSA) is 73.6 Å². The van der Waals surface area contributed by atoms with Crippen molar-refractivity contribution in [3.8, 4) is 11.5 Å². The van der Waals surface area contributed by atoms with Crippen LogP contribution in [0.1, 0.15) is 19.8 Å². The number of hydrogen-bond donors (Lipinski definition) is 2. The van der Waals surface area contributed by atoms with E-state index in [9.17, 15) is 4.79 Å². The molecule has 1 heterocycles. The van der Waals surface area contributed by atoms with Crippen molar-refractivity contribution in [2.75, 3.05) is 25.1 Å². The molecule has 110 valence electrons. The van der Waals surface area contributed by atoms with Crippen LogP contribution in [0.15, 0.2) is 12.1 Å². The van der Waals surface area contributed by atoms with Crippen molar-refractivity contribution in [1.82, 2.24) is 0 Å². The number of carbonyl (C=O) groups is 1. The van der Waals surface area contributed by atoms with Gasteiger partial charge in [-0.1, -0.05) is 24.9 Å². The summed E-state index contributed by atoms with van der Waals surface area (Å²) in [6.07, 6.45) is 1.26. The van der Waals surface area contributed by atoms with Crippen molar-refractivity contribution in [2.45, 2.75) is 19.8 Å². The van der Waals surface area contributed by atoms with Crippen LogP contribution in [0, 0.1) is 5.92 Å². The van der Waals surface area contributed by atoms with Crippen molar-refractivity contribution in [2.24, 2.45) is 11.7 Å².